The Morgan fingerprint density at radius 2 is 1.27 bits per heavy atom. The van der Waals surface area contributed by atoms with Crippen LogP contribution in [0.4, 0.5) is 26.3 Å². The lowest BCUT2D eigenvalue weighted by molar-refractivity contribution is -0.215. The highest BCUT2D eigenvalue weighted by molar-refractivity contribution is 6.01. The molecule has 0 radical (unpaired) electrons. The Labute approximate surface area is 649 Å². The number of hydrogen-bond acceptors (Lipinski definition) is 15. The maximum absolute atomic E-state index is 15.7. The molecule has 12 amide bonds. The number of nitrogens with one attached hydrogen (secondary N) is 3. The van der Waals surface area contributed by atoms with E-state index in [9.17, 15) is 45.5 Å². The number of carbonyl (C=O) groups excluding carboxylic acids is 12. The normalized spacial score (nSPS) is 31.4. The van der Waals surface area contributed by atoms with Gasteiger partial charge in [0.2, 0.25) is 70.9 Å². The van der Waals surface area contributed by atoms with E-state index in [1.54, 1.807) is 32.9 Å². The van der Waals surface area contributed by atoms with Gasteiger partial charge in [-0.05, 0) is 152 Å². The van der Waals surface area contributed by atoms with E-state index in [2.05, 4.69) is 16.0 Å². The molecule has 7 fully saturated rings. The lowest BCUT2D eigenvalue weighted by Crippen LogP contribution is -2.68. The molecule has 8 aliphatic rings. The summed E-state index contributed by atoms with van der Waals surface area (Å²) in [6.07, 6.45) is -4.06. The van der Waals surface area contributed by atoms with Crippen molar-refractivity contribution in [2.45, 2.75) is 260 Å². The molecular formula is C78H122F6N12O15. The minimum absolute atomic E-state index is 0.00745. The van der Waals surface area contributed by atoms with E-state index in [1.807, 2.05) is 0 Å². The van der Waals surface area contributed by atoms with Gasteiger partial charge >= 0.3 is 12.4 Å². The number of halogens is 6. The molecule has 5 aliphatic carbocycles. The molecule has 1 spiro atoms. The predicted molar refractivity (Wildman–Crippen MR) is 395 cm³/mol. The number of amides is 12. The molecule has 0 aromatic carbocycles. The van der Waals surface area contributed by atoms with Gasteiger partial charge in [-0.2, -0.15) is 26.3 Å². The molecule has 27 nitrogen and oxygen atoms in total. The van der Waals surface area contributed by atoms with E-state index >= 15 is 38.4 Å². The van der Waals surface area contributed by atoms with Gasteiger partial charge in [-0.25, -0.2) is 0 Å². The molecule has 0 aromatic rings. The first kappa shape index (κ1) is 89.4. The van der Waals surface area contributed by atoms with Gasteiger partial charge in [0.05, 0.1) is 50.2 Å². The number of hydrogen-bond donors (Lipinski definition) is 3. The average Bonchev–Trinajstić information content (AvgIpc) is 1.74. The largest absolute Gasteiger partial charge is 0.394 e. The minimum atomic E-state index is -4.57. The number of nitrogens with zero attached hydrogens (tertiary/aromatic N) is 9. The molecule has 2 saturated heterocycles. The molecular weight excluding hydrogens is 1460 g/mol. The fraction of sp³-hybridized carbons (Fsp3) is 0.821. The van der Waals surface area contributed by atoms with Gasteiger partial charge in [0.25, 0.3) is 0 Å². The first-order valence-electron chi connectivity index (χ1n) is 40.1. The molecule has 0 aromatic heterocycles. The van der Waals surface area contributed by atoms with Gasteiger partial charge in [-0.3, -0.25) is 57.5 Å². The van der Waals surface area contributed by atoms with Crippen LogP contribution in [0.2, 0.25) is 0 Å². The monoisotopic (exact) mass is 1580 g/mol. The van der Waals surface area contributed by atoms with Gasteiger partial charge in [0, 0.05) is 96.2 Å². The lowest BCUT2D eigenvalue weighted by atomic mass is 9.74. The van der Waals surface area contributed by atoms with Crippen LogP contribution in [0, 0.1) is 41.4 Å². The van der Waals surface area contributed by atoms with Crippen LogP contribution in [0.3, 0.4) is 0 Å². The molecule has 2 bridgehead atoms. The zero-order valence-electron chi connectivity index (χ0n) is 67.0. The average molecular weight is 1580 g/mol. The highest BCUT2D eigenvalue weighted by atomic mass is 19.4. The molecule has 8 rings (SSSR count). The quantitative estimate of drug-likeness (QED) is 0.114. The van der Waals surface area contributed by atoms with Gasteiger partial charge in [-0.1, -0.05) is 58.1 Å². The number of likely N-dealkylation sites (N-methyl/N-ethyl adjacent to an activating group) is 7. The van der Waals surface area contributed by atoms with Crippen molar-refractivity contribution in [2.24, 2.45) is 41.4 Å². The first-order valence-corrected chi connectivity index (χ1v) is 40.1. The van der Waals surface area contributed by atoms with Gasteiger partial charge in [0.1, 0.15) is 53.9 Å². The Balaban J connectivity index is 1.21. The smallest absolute Gasteiger partial charge is 0.383 e. The van der Waals surface area contributed by atoms with Gasteiger partial charge in [0.15, 0.2) is 0 Å². The Bertz CT molecular complexity index is 3310. The summed E-state index contributed by atoms with van der Waals surface area (Å²) in [6.45, 7) is 3.82. The van der Waals surface area contributed by atoms with Crippen molar-refractivity contribution in [3.05, 3.63) is 12.2 Å². The molecule has 33 heteroatoms. The van der Waals surface area contributed by atoms with Crippen LogP contribution in [-0.4, -0.2) is 303 Å². The van der Waals surface area contributed by atoms with E-state index < -0.39 is 204 Å². The number of ether oxygens (including phenoxy) is 3. The van der Waals surface area contributed by atoms with Gasteiger partial charge < -0.3 is 74.3 Å². The summed E-state index contributed by atoms with van der Waals surface area (Å²) in [4.78, 5) is 194. The lowest BCUT2D eigenvalue weighted by Gasteiger charge is -2.46. The molecule has 3 unspecified atom stereocenters. The Kier molecular flexibility index (Phi) is 31.6. The maximum atomic E-state index is 15.7. The number of carbonyl (C=O) groups is 12. The summed E-state index contributed by atoms with van der Waals surface area (Å²) in [6, 6.07) is -10.9. The maximum Gasteiger partial charge on any atom is 0.394 e. The van der Waals surface area contributed by atoms with Crippen LogP contribution in [0.15, 0.2) is 12.2 Å². The van der Waals surface area contributed by atoms with Crippen molar-refractivity contribution in [1.82, 2.24) is 60.0 Å². The predicted octanol–water partition coefficient (Wildman–Crippen LogP) is 5.85. The SMILES string of the molecule is CCO[C@@H]1C[C@H]2C(=O)NC3(CCC3)C(=O)N(C)[C@@H](C3CCCC3)C(=O)N(C)[C@H](C(=O)N(C)CCOC)CC(=O)N(C)[C@@H](CC3CC3)C(=O)N[C@@H]([C@@H](C)CC)C(=O)N(C)CC(=O)N(C)[C@H]3C/C=C\CCN(C3=O)[C@@H](CC3CCC(C(F)(F)F)CC3)C(=O)N(C)CC(=O)N[C@@H](CCC3CCC(C(F)(F)F)C(OC)C3)C(=O)N2C1. The second-order valence-corrected chi connectivity index (χ2v) is 32.9. The van der Waals surface area contributed by atoms with Crippen molar-refractivity contribution in [3.8, 4) is 0 Å². The third-order valence-corrected chi connectivity index (χ3v) is 25.4. The van der Waals surface area contributed by atoms with E-state index in [-0.39, 0.29) is 141 Å². The van der Waals surface area contributed by atoms with Crippen molar-refractivity contribution in [3.63, 3.8) is 0 Å². The zero-order valence-corrected chi connectivity index (χ0v) is 67.0. The third-order valence-electron chi connectivity index (χ3n) is 25.4. The molecule has 3 N–H and O–H groups in total. The second kappa shape index (κ2) is 39.3. The summed E-state index contributed by atoms with van der Waals surface area (Å²) in [5, 5.41) is 8.71. The third kappa shape index (κ3) is 22.2. The van der Waals surface area contributed by atoms with E-state index in [0.29, 0.717) is 38.5 Å². The summed E-state index contributed by atoms with van der Waals surface area (Å²) < 4.78 is 102. The van der Waals surface area contributed by atoms with Crippen LogP contribution in [-0.2, 0) is 71.7 Å². The molecule has 626 valence electrons. The Morgan fingerprint density at radius 3 is 1.86 bits per heavy atom. The highest BCUT2D eigenvalue weighted by Gasteiger charge is 2.55. The number of methoxy groups -OCH3 is 2. The van der Waals surface area contributed by atoms with Gasteiger partial charge in [-0.15, -0.1) is 0 Å². The summed E-state index contributed by atoms with van der Waals surface area (Å²) in [5.41, 5.74) is -1.64. The second-order valence-electron chi connectivity index (χ2n) is 32.9. The Morgan fingerprint density at radius 1 is 0.640 bits per heavy atom. The van der Waals surface area contributed by atoms with E-state index in [0.717, 1.165) is 27.5 Å². The summed E-state index contributed by atoms with van der Waals surface area (Å²) in [7, 11) is 12.4. The molecule has 3 heterocycles. The topological polar surface area (TPSA) is 298 Å². The first-order chi connectivity index (χ1) is 52.4. The molecule has 13 atom stereocenters. The number of alkyl halides is 6. The Hall–Kier alpha value is -7.16. The zero-order chi connectivity index (χ0) is 81.7. The highest BCUT2D eigenvalue weighted by Crippen LogP contribution is 2.45. The van der Waals surface area contributed by atoms with Crippen molar-refractivity contribution in [1.29, 1.82) is 0 Å². The minimum Gasteiger partial charge on any atom is -0.383 e. The summed E-state index contributed by atoms with van der Waals surface area (Å²) in [5.74, 6) is -14.1. The van der Waals surface area contributed by atoms with Crippen molar-refractivity contribution >= 4 is 70.9 Å². The van der Waals surface area contributed by atoms with Crippen LogP contribution in [0.25, 0.3) is 0 Å². The van der Waals surface area contributed by atoms with Crippen LogP contribution < -0.4 is 16.0 Å². The van der Waals surface area contributed by atoms with Crippen molar-refractivity contribution in [2.75, 3.05) is 109 Å². The van der Waals surface area contributed by atoms with Crippen LogP contribution in [0.1, 0.15) is 181 Å². The standard InChI is InChI=1S/C78H122F6N12O15/c1-13-47(3)65-73(106)90(6)46-64(99)91(7)56-23-16-15-19-36-95(72(56)105)60(40-49-26-30-52(31-27-49)77(79,80)81)71(104)89(5)45-62(97)85-55(33-29-50-28-32-54(78(82,83)84)61(41-50)110-12)69(102)96-44-53(111-14-2)42-58(96)68(101)87-76(34-20-35-76)75(108)94(10)66(51-21-17-18-22-51)74(107)93(9)59(70(103)88(4)37-38-109-11)43-63(98)92(8)57(67(100)86-65)39-48-24-25-48/h15-16,47-61,65-66H,13-14,17-46H2,1-12H3,(H,85,97)(H,86,100)(H,87,101)/b16-15-/t47-,49?,50?,52?,53+,54?,55-,56-,57-,58-,59-,60-,61?,65-,66-/m0/s1. The van der Waals surface area contributed by atoms with Crippen molar-refractivity contribution < 1.29 is 98.1 Å². The number of rotatable bonds is 17. The molecule has 3 aliphatic heterocycles. The van der Waals surface area contributed by atoms with Crippen LogP contribution >= 0.6 is 0 Å². The summed E-state index contributed by atoms with van der Waals surface area (Å²) >= 11 is 0. The number of fused-ring (bicyclic) bond motifs is 3. The van der Waals surface area contributed by atoms with Crippen LogP contribution in [0.5, 0.6) is 0 Å². The fourth-order valence-corrected chi connectivity index (χ4v) is 17.7. The van der Waals surface area contributed by atoms with E-state index in [4.69, 9.17) is 14.2 Å². The molecule has 5 saturated carbocycles. The van der Waals surface area contributed by atoms with E-state index in [1.165, 1.54) is 93.0 Å². The molecule has 111 heavy (non-hydrogen) atoms. The fourth-order valence-electron chi connectivity index (χ4n) is 17.7.